The molecular formula is C13H16Cl2Zr. The summed E-state index contributed by atoms with van der Waals surface area (Å²) in [5.74, 6) is 0. The van der Waals surface area contributed by atoms with Crippen LogP contribution in [0.15, 0.2) is 17.7 Å². The van der Waals surface area contributed by atoms with Crippen LogP contribution in [0.25, 0.3) is 6.08 Å². The molecule has 0 atom stereocenters. The Balaban J connectivity index is 0.000000386. The van der Waals surface area contributed by atoms with Gasteiger partial charge in [-0.2, -0.15) is 0 Å². The zero-order chi connectivity index (χ0) is 12.1. The van der Waals surface area contributed by atoms with Gasteiger partial charge in [-0.3, -0.25) is 0 Å². The van der Waals surface area contributed by atoms with Gasteiger partial charge in [0, 0.05) is 0 Å². The van der Waals surface area contributed by atoms with Crippen molar-refractivity contribution >= 4 is 23.1 Å². The number of hydrogen-bond acceptors (Lipinski definition) is 0. The molecule has 0 saturated heterocycles. The molecular weight excluding hydrogens is 318 g/mol. The monoisotopic (exact) mass is 332 g/mol. The number of allylic oxidation sites excluding steroid dienone is 1. The average molecular weight is 334 g/mol. The van der Waals surface area contributed by atoms with E-state index in [1.54, 1.807) is 5.56 Å². The summed E-state index contributed by atoms with van der Waals surface area (Å²) >= 11 is -0.826. The first-order chi connectivity index (χ1) is 7.63. The van der Waals surface area contributed by atoms with Crippen LogP contribution in [-0.2, 0) is 33.7 Å². The van der Waals surface area contributed by atoms with E-state index in [2.05, 4.69) is 39.0 Å². The summed E-state index contributed by atoms with van der Waals surface area (Å²) in [5.41, 5.74) is 7.49. The summed E-state index contributed by atoms with van der Waals surface area (Å²) in [5, 5.41) is 0. The van der Waals surface area contributed by atoms with E-state index in [0.717, 1.165) is 12.8 Å². The van der Waals surface area contributed by atoms with Gasteiger partial charge in [0.1, 0.15) is 0 Å². The normalized spacial score (nSPS) is 12.4. The summed E-state index contributed by atoms with van der Waals surface area (Å²) in [6, 6.07) is 4.52. The van der Waals surface area contributed by atoms with Crippen LogP contribution in [0.1, 0.15) is 36.1 Å². The Morgan fingerprint density at radius 1 is 1.25 bits per heavy atom. The van der Waals surface area contributed by atoms with Crippen LogP contribution in [0.4, 0.5) is 0 Å². The first kappa shape index (κ1) is 14.5. The van der Waals surface area contributed by atoms with E-state index >= 15 is 0 Å². The third-order valence-corrected chi connectivity index (χ3v) is 2.91. The predicted octanol–water partition coefficient (Wildman–Crippen LogP) is 4.89. The molecule has 86 valence electrons. The quantitative estimate of drug-likeness (QED) is 0.686. The van der Waals surface area contributed by atoms with Crippen molar-refractivity contribution in [3.63, 3.8) is 0 Å². The van der Waals surface area contributed by atoms with Crippen molar-refractivity contribution in [2.24, 2.45) is 0 Å². The summed E-state index contributed by atoms with van der Waals surface area (Å²) in [6.07, 6.45) is 4.66. The Hall–Kier alpha value is 0.423. The molecule has 1 aliphatic carbocycles. The zero-order valence-corrected chi connectivity index (χ0v) is 13.9. The second kappa shape index (κ2) is 6.99. The van der Waals surface area contributed by atoms with Crippen molar-refractivity contribution in [2.75, 3.05) is 0 Å². The van der Waals surface area contributed by atoms with Crippen LogP contribution >= 0.6 is 17.0 Å². The Labute approximate surface area is 117 Å². The van der Waals surface area contributed by atoms with Crippen LogP contribution in [0.2, 0.25) is 0 Å². The molecule has 0 fully saturated rings. The second-order valence-corrected chi connectivity index (χ2v) is 7.76. The van der Waals surface area contributed by atoms with E-state index in [1.165, 1.54) is 22.3 Å². The van der Waals surface area contributed by atoms with Gasteiger partial charge < -0.3 is 0 Å². The van der Waals surface area contributed by atoms with Gasteiger partial charge in [0.15, 0.2) is 0 Å². The first-order valence-electron chi connectivity index (χ1n) is 5.38. The molecule has 16 heavy (non-hydrogen) atoms. The Bertz CT molecular complexity index is 397. The number of rotatable bonds is 1. The number of hydrogen-bond donors (Lipinski definition) is 0. The van der Waals surface area contributed by atoms with Gasteiger partial charge in [0.25, 0.3) is 0 Å². The van der Waals surface area contributed by atoms with Gasteiger partial charge in [-0.1, -0.05) is 30.7 Å². The Morgan fingerprint density at radius 2 is 1.88 bits per heavy atom. The fraction of sp³-hybridized carbons (Fsp3) is 0.385. The van der Waals surface area contributed by atoms with Crippen molar-refractivity contribution in [2.45, 2.75) is 33.6 Å². The number of halogens is 2. The van der Waals surface area contributed by atoms with Gasteiger partial charge in [-0.05, 0) is 48.9 Å². The van der Waals surface area contributed by atoms with Gasteiger partial charge in [-0.25, -0.2) is 0 Å². The minimum atomic E-state index is -0.826. The summed E-state index contributed by atoms with van der Waals surface area (Å²) in [6.45, 7) is 6.66. The van der Waals surface area contributed by atoms with Crippen molar-refractivity contribution < 1.29 is 20.8 Å². The third kappa shape index (κ3) is 3.46. The molecule has 2 rings (SSSR count). The molecule has 0 aromatic heterocycles. The molecule has 0 saturated carbocycles. The molecule has 0 aliphatic heterocycles. The minimum absolute atomic E-state index is 0.826. The molecule has 0 nitrogen and oxygen atoms in total. The SMILES string of the molecule is CCc1ccc(C)c2c1C=C(C)C2.[Cl][Zr][Cl]. The van der Waals surface area contributed by atoms with Crippen molar-refractivity contribution in [1.29, 1.82) is 0 Å². The van der Waals surface area contributed by atoms with E-state index in [1.807, 2.05) is 0 Å². The third-order valence-electron chi connectivity index (χ3n) is 2.91. The fourth-order valence-electron chi connectivity index (χ4n) is 2.12. The van der Waals surface area contributed by atoms with Crippen LogP contribution in [0, 0.1) is 6.92 Å². The molecule has 0 bridgehead atoms. The maximum absolute atomic E-state index is 4.93. The van der Waals surface area contributed by atoms with E-state index in [9.17, 15) is 0 Å². The summed E-state index contributed by atoms with van der Waals surface area (Å²) in [7, 11) is 9.87. The van der Waals surface area contributed by atoms with E-state index in [0.29, 0.717) is 0 Å². The molecule has 1 aromatic carbocycles. The fourth-order valence-corrected chi connectivity index (χ4v) is 2.12. The molecule has 0 heterocycles. The number of fused-ring (bicyclic) bond motifs is 1. The molecule has 0 radical (unpaired) electrons. The van der Waals surface area contributed by atoms with Gasteiger partial charge in [-0.15, -0.1) is 0 Å². The van der Waals surface area contributed by atoms with Crippen molar-refractivity contribution in [3.05, 3.63) is 40.0 Å². The number of benzene rings is 1. The zero-order valence-electron chi connectivity index (χ0n) is 9.90. The summed E-state index contributed by atoms with van der Waals surface area (Å²) in [4.78, 5) is 0. The van der Waals surface area contributed by atoms with E-state index in [-0.39, 0.29) is 0 Å². The molecule has 0 N–H and O–H groups in total. The molecule has 0 amide bonds. The predicted molar refractivity (Wildman–Crippen MR) is 69.6 cm³/mol. The molecule has 1 aliphatic rings. The van der Waals surface area contributed by atoms with Crippen LogP contribution < -0.4 is 0 Å². The summed E-state index contributed by atoms with van der Waals surface area (Å²) < 4.78 is 0. The van der Waals surface area contributed by atoms with Crippen LogP contribution in [-0.4, -0.2) is 0 Å². The van der Waals surface area contributed by atoms with Crippen molar-refractivity contribution in [3.8, 4) is 0 Å². The van der Waals surface area contributed by atoms with E-state index < -0.39 is 20.8 Å². The molecule has 0 spiro atoms. The standard InChI is InChI=1S/C13H16.2ClH.Zr/c1-4-11-6-5-10(3)12-7-9(2)8-13(11)12;;;/h5-6,8H,4,7H2,1-3H3;2*1H;/q;;;+2/p-2. The molecule has 0 unspecified atom stereocenters. The maximum atomic E-state index is 4.93. The molecule has 1 aromatic rings. The number of aryl methyl sites for hydroxylation is 2. The topological polar surface area (TPSA) is 0 Å². The molecule has 3 heteroatoms. The Morgan fingerprint density at radius 3 is 2.44 bits per heavy atom. The van der Waals surface area contributed by atoms with E-state index in [4.69, 9.17) is 17.0 Å². The van der Waals surface area contributed by atoms with Crippen LogP contribution in [0.3, 0.4) is 0 Å². The first-order valence-corrected chi connectivity index (χ1v) is 11.7. The Kier molecular flexibility index (Phi) is 6.33. The van der Waals surface area contributed by atoms with Crippen LogP contribution in [0.5, 0.6) is 0 Å². The van der Waals surface area contributed by atoms with Gasteiger partial charge in [0.05, 0.1) is 0 Å². The average Bonchev–Trinajstić information content (AvgIpc) is 2.62. The second-order valence-electron chi connectivity index (χ2n) is 4.03. The van der Waals surface area contributed by atoms with Gasteiger partial charge in [0.2, 0.25) is 0 Å². The van der Waals surface area contributed by atoms with Gasteiger partial charge >= 0.3 is 37.9 Å². The van der Waals surface area contributed by atoms with Crippen molar-refractivity contribution in [1.82, 2.24) is 0 Å².